The van der Waals surface area contributed by atoms with Gasteiger partial charge in [-0.1, -0.05) is 13.0 Å². The number of hydrogen-bond donors (Lipinski definition) is 1. The third-order valence-electron chi connectivity index (χ3n) is 6.73. The lowest BCUT2D eigenvalue weighted by Gasteiger charge is -2.49. The minimum Gasteiger partial charge on any atom is -0.508 e. The number of hydrogen-bond acceptors (Lipinski definition) is 3. The van der Waals surface area contributed by atoms with Gasteiger partial charge in [0.05, 0.1) is 6.10 Å². The Morgan fingerprint density at radius 1 is 1.27 bits per heavy atom. The second kappa shape index (κ2) is 4.82. The van der Waals surface area contributed by atoms with Crippen molar-refractivity contribution in [1.29, 1.82) is 0 Å². The van der Waals surface area contributed by atoms with Crippen molar-refractivity contribution in [1.82, 2.24) is 0 Å². The van der Waals surface area contributed by atoms with Crippen LogP contribution in [0.2, 0.25) is 0 Å². The lowest BCUT2D eigenvalue weighted by atomic mass is 9.55. The van der Waals surface area contributed by atoms with Crippen molar-refractivity contribution in [3.8, 4) is 5.75 Å². The molecule has 3 nitrogen and oxygen atoms in total. The zero-order valence-corrected chi connectivity index (χ0v) is 13.3. The molecule has 0 amide bonds. The van der Waals surface area contributed by atoms with E-state index in [1.807, 2.05) is 6.07 Å². The normalized spacial score (nSPS) is 40.0. The number of aromatic hydroxyl groups is 1. The predicted octanol–water partition coefficient (Wildman–Crippen LogP) is 3.96. The number of carbonyl (C=O) groups is 1. The second-order valence-electron chi connectivity index (χ2n) is 7.57. The number of fused-ring (bicyclic) bond motifs is 5. The molecule has 0 heterocycles. The van der Waals surface area contributed by atoms with Crippen LogP contribution in [0.5, 0.6) is 5.75 Å². The van der Waals surface area contributed by atoms with Crippen molar-refractivity contribution in [2.75, 3.05) is 7.11 Å². The fraction of sp³-hybridized carbons (Fsp3) is 0.632. The Bertz CT molecular complexity index is 623. The van der Waals surface area contributed by atoms with Crippen LogP contribution in [-0.2, 0) is 9.53 Å². The van der Waals surface area contributed by atoms with Crippen molar-refractivity contribution in [2.24, 2.45) is 17.3 Å². The van der Waals surface area contributed by atoms with Crippen LogP contribution in [0, 0.1) is 17.3 Å². The van der Waals surface area contributed by atoms with E-state index in [2.05, 4.69) is 13.0 Å². The number of phenols is 1. The van der Waals surface area contributed by atoms with Gasteiger partial charge in [-0.3, -0.25) is 4.79 Å². The Morgan fingerprint density at radius 3 is 2.86 bits per heavy atom. The maximum Gasteiger partial charge on any atom is 0.139 e. The number of methoxy groups -OCH3 is 1. The lowest BCUT2D eigenvalue weighted by molar-refractivity contribution is -0.129. The first-order valence-electron chi connectivity index (χ1n) is 8.43. The van der Waals surface area contributed by atoms with Gasteiger partial charge >= 0.3 is 0 Å². The molecule has 0 aliphatic heterocycles. The van der Waals surface area contributed by atoms with E-state index >= 15 is 0 Å². The maximum absolute atomic E-state index is 12.4. The minimum atomic E-state index is -0.103. The highest BCUT2D eigenvalue weighted by Crippen LogP contribution is 2.61. The fourth-order valence-corrected chi connectivity index (χ4v) is 5.55. The number of Topliss-reactive ketones (excluding diaryl/α,β-unsaturated/α-hetero) is 1. The van der Waals surface area contributed by atoms with Crippen LogP contribution < -0.4 is 0 Å². The Kier molecular flexibility index (Phi) is 3.12. The van der Waals surface area contributed by atoms with Crippen LogP contribution in [0.3, 0.4) is 0 Å². The number of rotatable bonds is 1. The molecule has 118 valence electrons. The highest BCUT2D eigenvalue weighted by atomic mass is 16.5. The first-order chi connectivity index (χ1) is 10.5. The van der Waals surface area contributed by atoms with Crippen LogP contribution in [0.25, 0.3) is 0 Å². The Balaban J connectivity index is 1.77. The fourth-order valence-electron chi connectivity index (χ4n) is 5.55. The molecule has 3 heteroatoms. The molecule has 0 bridgehead atoms. The summed E-state index contributed by atoms with van der Waals surface area (Å²) in [7, 11) is 1.75. The van der Waals surface area contributed by atoms with E-state index in [1.165, 1.54) is 5.56 Å². The summed E-state index contributed by atoms with van der Waals surface area (Å²) in [6.07, 6.45) is 4.91. The summed E-state index contributed by atoms with van der Waals surface area (Å²) in [4.78, 5) is 12.4. The second-order valence-corrected chi connectivity index (χ2v) is 7.57. The number of ether oxygens (including phenoxy) is 1. The molecule has 4 rings (SSSR count). The van der Waals surface area contributed by atoms with E-state index in [9.17, 15) is 9.90 Å². The molecular formula is C19H24O3. The number of ketones is 1. The summed E-state index contributed by atoms with van der Waals surface area (Å²) in [6, 6.07) is 5.74. The van der Waals surface area contributed by atoms with Crippen molar-refractivity contribution in [2.45, 2.75) is 51.0 Å². The topological polar surface area (TPSA) is 46.5 Å². The number of phenolic OH excluding ortho intramolecular Hbond substituents is 1. The van der Waals surface area contributed by atoms with Crippen molar-refractivity contribution in [3.63, 3.8) is 0 Å². The third-order valence-corrected chi connectivity index (χ3v) is 6.73. The van der Waals surface area contributed by atoms with E-state index in [0.29, 0.717) is 29.3 Å². The van der Waals surface area contributed by atoms with Crippen LogP contribution in [0.1, 0.15) is 62.2 Å². The van der Waals surface area contributed by atoms with E-state index in [4.69, 9.17) is 4.74 Å². The van der Waals surface area contributed by atoms with Gasteiger partial charge in [-0.2, -0.15) is 0 Å². The quantitative estimate of drug-likeness (QED) is 0.854. The molecule has 1 aromatic carbocycles. The summed E-state index contributed by atoms with van der Waals surface area (Å²) in [5.41, 5.74) is 2.38. The summed E-state index contributed by atoms with van der Waals surface area (Å²) >= 11 is 0. The average molecular weight is 300 g/mol. The van der Waals surface area contributed by atoms with E-state index in [0.717, 1.165) is 37.7 Å². The largest absolute Gasteiger partial charge is 0.508 e. The Labute approximate surface area is 131 Å². The molecule has 3 aliphatic rings. The van der Waals surface area contributed by atoms with Gasteiger partial charge in [-0.15, -0.1) is 0 Å². The van der Waals surface area contributed by atoms with Crippen LogP contribution in [0.15, 0.2) is 18.2 Å². The molecule has 22 heavy (non-hydrogen) atoms. The first kappa shape index (κ1) is 14.3. The van der Waals surface area contributed by atoms with Gasteiger partial charge in [-0.25, -0.2) is 0 Å². The molecule has 0 spiro atoms. The molecule has 5 atom stereocenters. The van der Waals surface area contributed by atoms with E-state index in [1.54, 1.807) is 13.2 Å². The molecule has 1 aromatic rings. The van der Waals surface area contributed by atoms with Crippen molar-refractivity contribution < 1.29 is 14.6 Å². The molecular weight excluding hydrogens is 276 g/mol. The molecule has 2 fully saturated rings. The van der Waals surface area contributed by atoms with Gasteiger partial charge in [0, 0.05) is 18.9 Å². The molecule has 3 aliphatic carbocycles. The number of carbonyl (C=O) groups excluding carboxylic acids is 1. The molecule has 2 saturated carbocycles. The highest BCUT2D eigenvalue weighted by Gasteiger charge is 2.55. The third kappa shape index (κ3) is 1.81. The molecule has 0 aromatic heterocycles. The monoisotopic (exact) mass is 300 g/mol. The van der Waals surface area contributed by atoms with Gasteiger partial charge in [0.25, 0.3) is 0 Å². The van der Waals surface area contributed by atoms with Gasteiger partial charge in [-0.05, 0) is 66.7 Å². The standard InChI is InChI=1S/C19H24O3/c1-19-8-7-13-12-4-3-11(20)9-15(12)17(22-2)10-14(13)16(19)5-6-18(19)21/h3-4,9,13-14,16-17,20H,5-8,10H2,1-2H3/t13-,14-,16+,17-,19+/m1/s1. The summed E-state index contributed by atoms with van der Waals surface area (Å²) in [6.45, 7) is 2.19. The SMILES string of the molecule is CO[C@@H]1C[C@@H]2[C@H](CC[C@]3(C)C(=O)CC[C@@H]23)c2ccc(O)cc21. The molecule has 0 saturated heterocycles. The zero-order valence-electron chi connectivity index (χ0n) is 13.3. The van der Waals surface area contributed by atoms with Gasteiger partial charge < -0.3 is 9.84 Å². The minimum absolute atomic E-state index is 0.0430. The maximum atomic E-state index is 12.4. The predicted molar refractivity (Wildman–Crippen MR) is 83.8 cm³/mol. The number of benzene rings is 1. The highest BCUT2D eigenvalue weighted by molar-refractivity contribution is 5.87. The summed E-state index contributed by atoms with van der Waals surface area (Å²) in [5, 5.41) is 9.82. The Hall–Kier alpha value is -1.35. The summed E-state index contributed by atoms with van der Waals surface area (Å²) < 4.78 is 5.73. The average Bonchev–Trinajstić information content (AvgIpc) is 2.82. The van der Waals surface area contributed by atoms with Gasteiger partial charge in [0.2, 0.25) is 0 Å². The molecule has 0 radical (unpaired) electrons. The zero-order chi connectivity index (χ0) is 15.5. The van der Waals surface area contributed by atoms with Crippen molar-refractivity contribution in [3.05, 3.63) is 29.3 Å². The van der Waals surface area contributed by atoms with Crippen LogP contribution in [-0.4, -0.2) is 18.0 Å². The lowest BCUT2D eigenvalue weighted by Crippen LogP contribution is -2.43. The van der Waals surface area contributed by atoms with E-state index in [-0.39, 0.29) is 11.5 Å². The van der Waals surface area contributed by atoms with Crippen LogP contribution in [0.4, 0.5) is 0 Å². The molecule has 0 unspecified atom stereocenters. The summed E-state index contributed by atoms with van der Waals surface area (Å²) in [5.74, 6) is 2.34. The Morgan fingerprint density at radius 2 is 2.09 bits per heavy atom. The molecule has 1 N–H and O–H groups in total. The van der Waals surface area contributed by atoms with Crippen LogP contribution >= 0.6 is 0 Å². The van der Waals surface area contributed by atoms with Crippen molar-refractivity contribution >= 4 is 5.78 Å². The first-order valence-corrected chi connectivity index (χ1v) is 8.43. The van der Waals surface area contributed by atoms with E-state index < -0.39 is 0 Å². The van der Waals surface area contributed by atoms with Gasteiger partial charge in [0.15, 0.2) is 0 Å². The van der Waals surface area contributed by atoms with Gasteiger partial charge in [0.1, 0.15) is 11.5 Å². The smallest absolute Gasteiger partial charge is 0.139 e.